The predicted octanol–water partition coefficient (Wildman–Crippen LogP) is 1.55. The normalized spacial score (nSPS) is 24.7. The van der Waals surface area contributed by atoms with Gasteiger partial charge in [0.25, 0.3) is 0 Å². The van der Waals surface area contributed by atoms with Crippen LogP contribution in [0, 0.1) is 15.9 Å². The lowest BCUT2D eigenvalue weighted by atomic mass is 10.1. The summed E-state index contributed by atoms with van der Waals surface area (Å²) < 4.78 is 13.5. The third-order valence-electron chi connectivity index (χ3n) is 2.44. The molecular weight excluding hydrogens is 187 g/mol. The van der Waals surface area contributed by atoms with Crippen molar-refractivity contribution in [2.24, 2.45) is 5.73 Å². The van der Waals surface area contributed by atoms with Gasteiger partial charge in [0.05, 0.1) is 4.92 Å². The van der Waals surface area contributed by atoms with Gasteiger partial charge < -0.3 is 5.73 Å². The molecule has 4 nitrogen and oxygen atoms in total. The highest BCUT2D eigenvalue weighted by Gasteiger charge is 2.38. The maximum atomic E-state index is 13.5. The van der Waals surface area contributed by atoms with Gasteiger partial charge in [0.2, 0.25) is 5.82 Å². The summed E-state index contributed by atoms with van der Waals surface area (Å²) in [7, 11) is 0. The third kappa shape index (κ3) is 1.35. The minimum Gasteiger partial charge on any atom is -0.327 e. The number of nitro benzene ring substituents is 1. The second-order valence-electron chi connectivity index (χ2n) is 3.44. The Balaban J connectivity index is 2.42. The minimum atomic E-state index is -0.740. The zero-order valence-corrected chi connectivity index (χ0v) is 7.31. The molecule has 0 aliphatic heterocycles. The molecule has 2 N–H and O–H groups in total. The molecule has 1 fully saturated rings. The van der Waals surface area contributed by atoms with E-state index in [1.807, 2.05) is 0 Å². The molecule has 0 spiro atoms. The maximum Gasteiger partial charge on any atom is 0.305 e. The van der Waals surface area contributed by atoms with E-state index >= 15 is 0 Å². The fourth-order valence-corrected chi connectivity index (χ4v) is 1.54. The lowest BCUT2D eigenvalue weighted by molar-refractivity contribution is -0.387. The quantitative estimate of drug-likeness (QED) is 0.576. The van der Waals surface area contributed by atoms with Gasteiger partial charge in [-0.05, 0) is 12.0 Å². The van der Waals surface area contributed by atoms with E-state index in [-0.39, 0.29) is 12.0 Å². The predicted molar refractivity (Wildman–Crippen MR) is 48.4 cm³/mol. The Hall–Kier alpha value is -1.49. The van der Waals surface area contributed by atoms with E-state index < -0.39 is 16.4 Å². The zero-order valence-electron chi connectivity index (χ0n) is 7.31. The fourth-order valence-electron chi connectivity index (χ4n) is 1.54. The number of nitro groups is 1. The number of halogens is 1. The molecule has 1 aliphatic rings. The van der Waals surface area contributed by atoms with Gasteiger partial charge in [-0.25, -0.2) is 0 Å². The average Bonchev–Trinajstić information content (AvgIpc) is 2.82. The van der Waals surface area contributed by atoms with Gasteiger partial charge >= 0.3 is 5.69 Å². The molecule has 2 atom stereocenters. The number of hydrogen-bond acceptors (Lipinski definition) is 3. The van der Waals surface area contributed by atoms with Gasteiger partial charge in [-0.15, -0.1) is 0 Å². The van der Waals surface area contributed by atoms with Crippen molar-refractivity contribution < 1.29 is 9.31 Å². The zero-order chi connectivity index (χ0) is 10.3. The summed E-state index contributed by atoms with van der Waals surface area (Å²) >= 11 is 0. The first kappa shape index (κ1) is 9.08. The first-order valence-corrected chi connectivity index (χ1v) is 4.29. The molecule has 2 unspecified atom stereocenters. The van der Waals surface area contributed by atoms with Crippen molar-refractivity contribution in [3.63, 3.8) is 0 Å². The van der Waals surface area contributed by atoms with Crippen molar-refractivity contribution in [2.75, 3.05) is 0 Å². The summed E-state index contributed by atoms with van der Waals surface area (Å²) in [5, 5.41) is 10.4. The Kier molecular flexibility index (Phi) is 1.96. The molecule has 0 amide bonds. The van der Waals surface area contributed by atoms with Crippen LogP contribution in [-0.2, 0) is 0 Å². The molecule has 14 heavy (non-hydrogen) atoms. The third-order valence-corrected chi connectivity index (χ3v) is 2.44. The average molecular weight is 196 g/mol. The lowest BCUT2D eigenvalue weighted by Crippen LogP contribution is -2.03. The van der Waals surface area contributed by atoms with E-state index in [2.05, 4.69) is 0 Å². The number of rotatable bonds is 2. The van der Waals surface area contributed by atoms with Crippen LogP contribution in [0.5, 0.6) is 0 Å². The van der Waals surface area contributed by atoms with Crippen molar-refractivity contribution in [1.82, 2.24) is 0 Å². The first-order valence-electron chi connectivity index (χ1n) is 4.29. The van der Waals surface area contributed by atoms with Gasteiger partial charge in [-0.2, -0.15) is 4.39 Å². The SMILES string of the molecule is NC1CC1c1cccc([N+](=O)[O-])c1F. The second-order valence-corrected chi connectivity index (χ2v) is 3.44. The molecule has 1 saturated carbocycles. The van der Waals surface area contributed by atoms with Crippen molar-refractivity contribution in [1.29, 1.82) is 0 Å². The molecule has 5 heteroatoms. The topological polar surface area (TPSA) is 69.2 Å². The highest BCUT2D eigenvalue weighted by atomic mass is 19.1. The Labute approximate surface area is 79.7 Å². The number of benzene rings is 1. The molecule has 1 aromatic carbocycles. The Bertz CT molecular complexity index is 394. The van der Waals surface area contributed by atoms with Crippen LogP contribution in [0.2, 0.25) is 0 Å². The molecule has 1 aromatic rings. The van der Waals surface area contributed by atoms with Crippen molar-refractivity contribution in [2.45, 2.75) is 18.4 Å². The summed E-state index contributed by atoms with van der Waals surface area (Å²) in [4.78, 5) is 9.72. The van der Waals surface area contributed by atoms with E-state index in [1.165, 1.54) is 6.07 Å². The number of nitrogens with zero attached hydrogens (tertiary/aromatic N) is 1. The van der Waals surface area contributed by atoms with Gasteiger partial charge in [-0.3, -0.25) is 10.1 Å². The van der Waals surface area contributed by atoms with Crippen molar-refractivity contribution in [3.05, 3.63) is 39.7 Å². The van der Waals surface area contributed by atoms with Crippen LogP contribution < -0.4 is 5.73 Å². The molecule has 0 radical (unpaired) electrons. The summed E-state index contributed by atoms with van der Waals surface area (Å²) in [5.74, 6) is -0.787. The number of hydrogen-bond donors (Lipinski definition) is 1. The van der Waals surface area contributed by atoms with Crippen LogP contribution in [0.25, 0.3) is 0 Å². The van der Waals surface area contributed by atoms with Crippen molar-refractivity contribution >= 4 is 5.69 Å². The van der Waals surface area contributed by atoms with Gasteiger partial charge in [-0.1, -0.05) is 12.1 Å². The fraction of sp³-hybridized carbons (Fsp3) is 0.333. The molecule has 0 saturated heterocycles. The Morgan fingerprint density at radius 2 is 2.21 bits per heavy atom. The van der Waals surface area contributed by atoms with Gasteiger partial charge in [0.15, 0.2) is 0 Å². The summed E-state index contributed by atoms with van der Waals surface area (Å²) in [6, 6.07) is 4.15. The standard InChI is InChI=1S/C9H9FN2O2/c10-9-5(6-4-7(6)11)2-1-3-8(9)12(13)14/h1-3,6-7H,4,11H2. The molecule has 74 valence electrons. The Morgan fingerprint density at radius 3 is 2.71 bits per heavy atom. The molecule has 2 rings (SSSR count). The van der Waals surface area contributed by atoms with Crippen LogP contribution in [-0.4, -0.2) is 11.0 Å². The van der Waals surface area contributed by atoms with E-state index in [4.69, 9.17) is 5.73 Å². The monoisotopic (exact) mass is 196 g/mol. The van der Waals surface area contributed by atoms with Crippen LogP contribution in [0.15, 0.2) is 18.2 Å². The summed E-state index contributed by atoms with van der Waals surface area (Å²) in [5.41, 5.74) is 5.45. The molecule has 0 bridgehead atoms. The van der Waals surface area contributed by atoms with Crippen LogP contribution in [0.4, 0.5) is 10.1 Å². The van der Waals surface area contributed by atoms with E-state index in [0.29, 0.717) is 12.0 Å². The first-order chi connectivity index (χ1) is 6.61. The minimum absolute atomic E-state index is 0.0464. The highest BCUT2D eigenvalue weighted by molar-refractivity contribution is 5.41. The Morgan fingerprint density at radius 1 is 1.57 bits per heavy atom. The smallest absolute Gasteiger partial charge is 0.305 e. The maximum absolute atomic E-state index is 13.5. The van der Waals surface area contributed by atoms with E-state index in [9.17, 15) is 14.5 Å². The summed E-state index contributed by atoms with van der Waals surface area (Å²) in [6.07, 6.45) is 0.706. The molecule has 0 heterocycles. The van der Waals surface area contributed by atoms with Crippen LogP contribution in [0.1, 0.15) is 17.9 Å². The highest BCUT2D eigenvalue weighted by Crippen LogP contribution is 2.41. The molecular formula is C9H9FN2O2. The van der Waals surface area contributed by atoms with Crippen LogP contribution in [0.3, 0.4) is 0 Å². The van der Waals surface area contributed by atoms with Gasteiger partial charge in [0, 0.05) is 18.0 Å². The molecule has 1 aliphatic carbocycles. The van der Waals surface area contributed by atoms with E-state index in [0.717, 1.165) is 6.07 Å². The summed E-state index contributed by atoms with van der Waals surface area (Å²) in [6.45, 7) is 0. The van der Waals surface area contributed by atoms with Gasteiger partial charge in [0.1, 0.15) is 0 Å². The molecule has 0 aromatic heterocycles. The number of nitrogens with two attached hydrogens (primary N) is 1. The largest absolute Gasteiger partial charge is 0.327 e. The van der Waals surface area contributed by atoms with E-state index in [1.54, 1.807) is 6.07 Å². The van der Waals surface area contributed by atoms with Crippen molar-refractivity contribution in [3.8, 4) is 0 Å². The lowest BCUT2D eigenvalue weighted by Gasteiger charge is -2.00. The second kappa shape index (κ2) is 3.02. The van der Waals surface area contributed by atoms with Crippen LogP contribution >= 0.6 is 0 Å².